The molecule has 0 aliphatic heterocycles. The molecule has 0 saturated heterocycles. The van der Waals surface area contributed by atoms with E-state index < -0.39 is 18.1 Å². The summed E-state index contributed by atoms with van der Waals surface area (Å²) in [4.78, 5) is 28.2. The van der Waals surface area contributed by atoms with E-state index in [0.29, 0.717) is 5.69 Å². The summed E-state index contributed by atoms with van der Waals surface area (Å²) in [5.74, 6) is -1.21. The van der Waals surface area contributed by atoms with Crippen LogP contribution in [0.15, 0.2) is 66.9 Å². The van der Waals surface area contributed by atoms with Gasteiger partial charge in [0.25, 0.3) is 0 Å². The van der Waals surface area contributed by atoms with Crippen LogP contribution >= 0.6 is 0 Å². The lowest BCUT2D eigenvalue weighted by Gasteiger charge is -2.17. The number of carbonyl (C=O) groups is 2. The third-order valence-corrected chi connectivity index (χ3v) is 5.45. The van der Waals surface area contributed by atoms with Gasteiger partial charge in [0.1, 0.15) is 12.6 Å². The van der Waals surface area contributed by atoms with Crippen molar-refractivity contribution in [3.63, 3.8) is 0 Å². The Morgan fingerprint density at radius 1 is 1.03 bits per heavy atom. The van der Waals surface area contributed by atoms with Crippen LogP contribution in [-0.4, -0.2) is 34.8 Å². The molecular weight excluding hydrogens is 380 g/mol. The van der Waals surface area contributed by atoms with Gasteiger partial charge in [-0.25, -0.2) is 9.59 Å². The standard InChI is InChI=1S/C24H22N2O4/c1-15-7-6-12-25-21(15)13-22(23(27)28)26-24(29)30-14-20-18-10-4-2-8-16(18)17-9-3-5-11-19(17)20/h2-12,20,22H,13-14H2,1H3,(H,26,29)(H,27,28)/t22-/m0/s1. The number of amides is 1. The minimum absolute atomic E-state index is 0.0792. The number of carboxylic acids is 1. The number of nitrogens with zero attached hydrogens (tertiary/aromatic N) is 1. The van der Waals surface area contributed by atoms with E-state index >= 15 is 0 Å². The third kappa shape index (κ3) is 3.89. The lowest BCUT2D eigenvalue weighted by atomic mass is 9.98. The highest BCUT2D eigenvalue weighted by atomic mass is 16.5. The van der Waals surface area contributed by atoms with E-state index in [2.05, 4.69) is 22.4 Å². The van der Waals surface area contributed by atoms with Crippen molar-refractivity contribution in [2.24, 2.45) is 0 Å². The summed E-state index contributed by atoms with van der Waals surface area (Å²) >= 11 is 0. The summed E-state index contributed by atoms with van der Waals surface area (Å²) in [5.41, 5.74) is 5.98. The minimum atomic E-state index is -1.13. The molecule has 152 valence electrons. The molecule has 0 bridgehead atoms. The second kappa shape index (κ2) is 8.37. The Hall–Kier alpha value is -3.67. The van der Waals surface area contributed by atoms with Crippen LogP contribution in [-0.2, 0) is 16.0 Å². The van der Waals surface area contributed by atoms with Crippen LogP contribution < -0.4 is 5.32 Å². The van der Waals surface area contributed by atoms with E-state index in [9.17, 15) is 14.7 Å². The summed E-state index contributed by atoms with van der Waals surface area (Å²) in [6.07, 6.45) is 0.943. The number of hydrogen-bond acceptors (Lipinski definition) is 4. The molecule has 0 spiro atoms. The maximum absolute atomic E-state index is 12.4. The molecule has 30 heavy (non-hydrogen) atoms. The largest absolute Gasteiger partial charge is 0.480 e. The number of benzene rings is 2. The molecule has 1 amide bonds. The molecule has 4 rings (SSSR count). The van der Waals surface area contributed by atoms with E-state index in [0.717, 1.165) is 27.8 Å². The summed E-state index contributed by atoms with van der Waals surface area (Å²) < 4.78 is 5.45. The van der Waals surface area contributed by atoms with Crippen molar-refractivity contribution in [1.82, 2.24) is 10.3 Å². The van der Waals surface area contributed by atoms with E-state index in [1.54, 1.807) is 12.3 Å². The molecule has 2 N–H and O–H groups in total. The van der Waals surface area contributed by atoms with Crippen LogP contribution in [0, 0.1) is 6.92 Å². The first kappa shape index (κ1) is 19.6. The molecule has 1 aromatic heterocycles. The molecule has 6 nitrogen and oxygen atoms in total. The molecule has 2 aromatic carbocycles. The fraction of sp³-hybridized carbons (Fsp3) is 0.208. The lowest BCUT2D eigenvalue weighted by Crippen LogP contribution is -2.43. The number of alkyl carbamates (subject to hydrolysis) is 1. The van der Waals surface area contributed by atoms with Crippen LogP contribution in [0.2, 0.25) is 0 Å². The Morgan fingerprint density at radius 2 is 1.67 bits per heavy atom. The summed E-state index contributed by atoms with van der Waals surface area (Å²) in [6.45, 7) is 1.99. The summed E-state index contributed by atoms with van der Waals surface area (Å²) in [5, 5.41) is 12.0. The number of fused-ring (bicyclic) bond motifs is 3. The van der Waals surface area contributed by atoms with Gasteiger partial charge in [0.05, 0.1) is 0 Å². The van der Waals surface area contributed by atoms with Gasteiger partial charge >= 0.3 is 12.1 Å². The van der Waals surface area contributed by atoms with E-state index in [4.69, 9.17) is 4.74 Å². The number of aryl methyl sites for hydroxylation is 1. The molecular formula is C24H22N2O4. The van der Waals surface area contributed by atoms with Crippen molar-refractivity contribution in [2.75, 3.05) is 6.61 Å². The molecule has 1 heterocycles. The predicted molar refractivity (Wildman–Crippen MR) is 112 cm³/mol. The quantitative estimate of drug-likeness (QED) is 0.652. The van der Waals surface area contributed by atoms with E-state index in [1.165, 1.54) is 0 Å². The molecule has 0 unspecified atom stereocenters. The number of aliphatic carboxylic acids is 1. The Kier molecular flexibility index (Phi) is 5.48. The lowest BCUT2D eigenvalue weighted by molar-refractivity contribution is -0.139. The van der Waals surface area contributed by atoms with Crippen LogP contribution in [0.5, 0.6) is 0 Å². The van der Waals surface area contributed by atoms with Gasteiger partial charge in [-0.3, -0.25) is 4.98 Å². The third-order valence-electron chi connectivity index (χ3n) is 5.45. The number of ether oxygens (including phenoxy) is 1. The number of rotatable bonds is 6. The molecule has 0 fully saturated rings. The number of carbonyl (C=O) groups excluding carboxylic acids is 1. The Labute approximate surface area is 174 Å². The normalized spacial score (nSPS) is 13.2. The van der Waals surface area contributed by atoms with Gasteiger partial charge in [0.2, 0.25) is 0 Å². The summed E-state index contributed by atoms with van der Waals surface area (Å²) in [6, 6.07) is 18.6. The highest BCUT2D eigenvalue weighted by molar-refractivity contribution is 5.81. The smallest absolute Gasteiger partial charge is 0.407 e. The molecule has 1 aliphatic carbocycles. The number of nitrogens with one attached hydrogen (secondary N) is 1. The second-order valence-electron chi connectivity index (χ2n) is 7.33. The van der Waals surface area contributed by atoms with Crippen molar-refractivity contribution in [1.29, 1.82) is 0 Å². The molecule has 3 aromatic rings. The van der Waals surface area contributed by atoms with E-state index in [-0.39, 0.29) is 18.9 Å². The van der Waals surface area contributed by atoms with Crippen LogP contribution in [0.3, 0.4) is 0 Å². The van der Waals surface area contributed by atoms with Crippen LogP contribution in [0.1, 0.15) is 28.3 Å². The van der Waals surface area contributed by atoms with Gasteiger partial charge < -0.3 is 15.2 Å². The zero-order chi connectivity index (χ0) is 21.1. The van der Waals surface area contributed by atoms with Crippen molar-refractivity contribution in [3.8, 4) is 11.1 Å². The number of carboxylic acid groups (broad SMARTS) is 1. The Bertz CT molecular complexity index is 1050. The number of pyridine rings is 1. The average molecular weight is 402 g/mol. The molecule has 6 heteroatoms. The Balaban J connectivity index is 1.44. The van der Waals surface area contributed by atoms with Gasteiger partial charge in [-0.15, -0.1) is 0 Å². The summed E-state index contributed by atoms with van der Waals surface area (Å²) in [7, 11) is 0. The van der Waals surface area contributed by atoms with Crippen LogP contribution in [0.4, 0.5) is 4.79 Å². The SMILES string of the molecule is Cc1cccnc1C[C@H](NC(=O)OCC1c2ccccc2-c2ccccc21)C(=O)O. The molecule has 0 radical (unpaired) electrons. The zero-order valence-electron chi connectivity index (χ0n) is 16.5. The second-order valence-corrected chi connectivity index (χ2v) is 7.33. The highest BCUT2D eigenvalue weighted by Gasteiger charge is 2.30. The van der Waals surface area contributed by atoms with E-state index in [1.807, 2.05) is 49.4 Å². The highest BCUT2D eigenvalue weighted by Crippen LogP contribution is 2.44. The first-order valence-electron chi connectivity index (χ1n) is 9.79. The topological polar surface area (TPSA) is 88.5 Å². The number of aromatic nitrogens is 1. The minimum Gasteiger partial charge on any atom is -0.480 e. The van der Waals surface area contributed by atoms with Gasteiger partial charge in [-0.1, -0.05) is 54.6 Å². The van der Waals surface area contributed by atoms with Gasteiger partial charge in [-0.2, -0.15) is 0 Å². The first-order valence-corrected chi connectivity index (χ1v) is 9.79. The zero-order valence-corrected chi connectivity index (χ0v) is 16.5. The van der Waals surface area contributed by atoms with Crippen molar-refractivity contribution in [3.05, 3.63) is 89.2 Å². The van der Waals surface area contributed by atoms with Crippen molar-refractivity contribution < 1.29 is 19.4 Å². The molecule has 0 saturated carbocycles. The monoisotopic (exact) mass is 402 g/mol. The van der Waals surface area contributed by atoms with Crippen molar-refractivity contribution in [2.45, 2.75) is 25.3 Å². The number of hydrogen-bond donors (Lipinski definition) is 2. The van der Waals surface area contributed by atoms with Gasteiger partial charge in [0.15, 0.2) is 0 Å². The fourth-order valence-electron chi connectivity index (χ4n) is 3.91. The fourth-order valence-corrected chi connectivity index (χ4v) is 3.91. The van der Waals surface area contributed by atoms with Crippen molar-refractivity contribution >= 4 is 12.1 Å². The maximum Gasteiger partial charge on any atom is 0.407 e. The average Bonchev–Trinajstić information content (AvgIpc) is 3.07. The Morgan fingerprint density at radius 3 is 2.27 bits per heavy atom. The first-order chi connectivity index (χ1) is 14.5. The molecule has 1 aliphatic rings. The van der Waals surface area contributed by atoms with Crippen LogP contribution in [0.25, 0.3) is 11.1 Å². The maximum atomic E-state index is 12.4. The van der Waals surface area contributed by atoms with Gasteiger partial charge in [-0.05, 0) is 40.8 Å². The molecule has 1 atom stereocenters. The predicted octanol–water partition coefficient (Wildman–Crippen LogP) is 3.92. The van der Waals surface area contributed by atoms with Gasteiger partial charge in [0, 0.05) is 24.2 Å².